The second kappa shape index (κ2) is 7.07. The van der Waals surface area contributed by atoms with E-state index in [2.05, 4.69) is 11.9 Å². The van der Waals surface area contributed by atoms with Gasteiger partial charge in [0.15, 0.2) is 0 Å². The van der Waals surface area contributed by atoms with Crippen LogP contribution in [0.15, 0.2) is 41.8 Å². The second-order valence-electron chi connectivity index (χ2n) is 6.64. The summed E-state index contributed by atoms with van der Waals surface area (Å²) in [6.45, 7) is 4.01. The van der Waals surface area contributed by atoms with Gasteiger partial charge in [0, 0.05) is 13.1 Å². The van der Waals surface area contributed by atoms with Crippen molar-refractivity contribution < 1.29 is 13.2 Å². The largest absolute Gasteiger partial charge is 0.347 e. The van der Waals surface area contributed by atoms with Crippen LogP contribution in [0, 0.1) is 0 Å². The van der Waals surface area contributed by atoms with Crippen molar-refractivity contribution in [3.05, 3.63) is 42.5 Å². The maximum atomic E-state index is 12.6. The van der Waals surface area contributed by atoms with Crippen molar-refractivity contribution in [1.82, 2.24) is 9.62 Å². The summed E-state index contributed by atoms with van der Waals surface area (Å²) in [4.78, 5) is 11.6. The fraction of sp³-hybridized carbons (Fsp3) is 0.500. The van der Waals surface area contributed by atoms with Crippen molar-refractivity contribution in [3.8, 4) is 0 Å². The molecule has 1 aromatic rings. The predicted octanol–water partition coefficient (Wildman–Crippen LogP) is 2.41. The van der Waals surface area contributed by atoms with Gasteiger partial charge >= 0.3 is 0 Å². The molecule has 3 rings (SSSR count). The van der Waals surface area contributed by atoms with E-state index in [-0.39, 0.29) is 11.9 Å². The third-order valence-electron chi connectivity index (χ3n) is 4.97. The van der Waals surface area contributed by atoms with Crippen LogP contribution in [0.2, 0.25) is 0 Å². The summed E-state index contributed by atoms with van der Waals surface area (Å²) in [5, 5.41) is 2.71. The number of hydrogen-bond donors (Lipinski definition) is 1. The second-order valence-corrected chi connectivity index (χ2v) is 8.57. The number of hydrogen-bond acceptors (Lipinski definition) is 3. The van der Waals surface area contributed by atoms with E-state index in [1.54, 1.807) is 12.1 Å². The number of rotatable bonds is 5. The van der Waals surface area contributed by atoms with Gasteiger partial charge in [0.05, 0.1) is 10.9 Å². The van der Waals surface area contributed by atoms with Crippen LogP contribution in [-0.4, -0.2) is 37.8 Å². The molecule has 5 nitrogen and oxygen atoms in total. The van der Waals surface area contributed by atoms with E-state index in [0.29, 0.717) is 23.9 Å². The fourth-order valence-electron chi connectivity index (χ4n) is 3.48. The molecule has 2 fully saturated rings. The third kappa shape index (κ3) is 3.54. The summed E-state index contributed by atoms with van der Waals surface area (Å²) in [5.74, 6) is 0.298. The van der Waals surface area contributed by atoms with Gasteiger partial charge in [0.1, 0.15) is 0 Å². The summed E-state index contributed by atoms with van der Waals surface area (Å²) < 4.78 is 26.6. The molecule has 1 saturated heterocycles. The van der Waals surface area contributed by atoms with Gasteiger partial charge in [-0.1, -0.05) is 38.0 Å². The van der Waals surface area contributed by atoms with Crippen molar-refractivity contribution in [2.24, 2.45) is 0 Å². The Bertz CT molecular complexity index is 700. The summed E-state index contributed by atoms with van der Waals surface area (Å²) >= 11 is 0. The van der Waals surface area contributed by atoms with Gasteiger partial charge in [0.25, 0.3) is 0 Å². The lowest BCUT2D eigenvalue weighted by molar-refractivity contribution is -0.117. The zero-order valence-electron chi connectivity index (χ0n) is 13.8. The van der Waals surface area contributed by atoms with Crippen LogP contribution >= 0.6 is 0 Å². The normalized spacial score (nSPS) is 20.3. The van der Waals surface area contributed by atoms with Crippen LogP contribution in [0.25, 0.3) is 0 Å². The molecule has 0 radical (unpaired) electrons. The molecule has 0 bridgehead atoms. The van der Waals surface area contributed by atoms with Crippen molar-refractivity contribution >= 4 is 15.9 Å². The number of benzene rings is 1. The Balaban J connectivity index is 1.63. The van der Waals surface area contributed by atoms with Gasteiger partial charge < -0.3 is 5.32 Å². The Hall–Kier alpha value is -1.66. The summed E-state index contributed by atoms with van der Waals surface area (Å²) in [5.41, 5.74) is 1.24. The van der Waals surface area contributed by atoms with Gasteiger partial charge in [0.2, 0.25) is 15.9 Å². The Morgan fingerprint density at radius 1 is 1.12 bits per heavy atom. The molecule has 1 amide bonds. The molecule has 1 saturated carbocycles. The first-order chi connectivity index (χ1) is 11.5. The third-order valence-corrected chi connectivity index (χ3v) is 6.82. The Kier molecular flexibility index (Phi) is 5.06. The van der Waals surface area contributed by atoms with E-state index in [1.165, 1.54) is 48.0 Å². The van der Waals surface area contributed by atoms with E-state index in [1.807, 2.05) is 12.1 Å². The molecule has 2 aliphatic rings. The van der Waals surface area contributed by atoms with Crippen LogP contribution in [0.5, 0.6) is 0 Å². The molecule has 24 heavy (non-hydrogen) atoms. The SMILES string of the molecule is C=CC(=O)NC1CN(S(=O)(=O)c2ccc(C3CCCCC3)cc2)C1. The van der Waals surface area contributed by atoms with Crippen LogP contribution in [0.3, 0.4) is 0 Å². The van der Waals surface area contributed by atoms with Crippen LogP contribution in [0.4, 0.5) is 0 Å². The van der Waals surface area contributed by atoms with Gasteiger partial charge in [-0.05, 0) is 42.5 Å². The van der Waals surface area contributed by atoms with E-state index < -0.39 is 10.0 Å². The number of carbonyl (C=O) groups is 1. The molecule has 1 aliphatic carbocycles. The highest BCUT2D eigenvalue weighted by Crippen LogP contribution is 2.33. The maximum Gasteiger partial charge on any atom is 0.243 e. The lowest BCUT2D eigenvalue weighted by Crippen LogP contribution is -2.60. The van der Waals surface area contributed by atoms with E-state index in [0.717, 1.165) is 0 Å². The molecule has 1 N–H and O–H groups in total. The Morgan fingerprint density at radius 3 is 2.33 bits per heavy atom. The fourth-order valence-corrected chi connectivity index (χ4v) is 5.01. The number of nitrogens with zero attached hydrogens (tertiary/aromatic N) is 1. The minimum absolute atomic E-state index is 0.133. The van der Waals surface area contributed by atoms with Crippen LogP contribution < -0.4 is 5.32 Å². The van der Waals surface area contributed by atoms with E-state index >= 15 is 0 Å². The van der Waals surface area contributed by atoms with Gasteiger partial charge in [-0.3, -0.25) is 4.79 Å². The molecule has 0 aromatic heterocycles. The van der Waals surface area contributed by atoms with E-state index in [9.17, 15) is 13.2 Å². The molecule has 6 heteroatoms. The average molecular weight is 348 g/mol. The number of nitrogens with one attached hydrogen (secondary N) is 1. The molecule has 0 unspecified atom stereocenters. The van der Waals surface area contributed by atoms with Crippen LogP contribution in [-0.2, 0) is 14.8 Å². The topological polar surface area (TPSA) is 66.5 Å². The van der Waals surface area contributed by atoms with Gasteiger partial charge in [-0.2, -0.15) is 4.31 Å². The molecule has 0 atom stereocenters. The molecule has 0 spiro atoms. The molecule has 1 heterocycles. The monoisotopic (exact) mass is 348 g/mol. The minimum atomic E-state index is -3.47. The highest BCUT2D eigenvalue weighted by Gasteiger charge is 2.37. The number of carbonyl (C=O) groups excluding carboxylic acids is 1. The van der Waals surface area contributed by atoms with E-state index in [4.69, 9.17) is 0 Å². The molecular formula is C18H24N2O3S. The smallest absolute Gasteiger partial charge is 0.243 e. The van der Waals surface area contributed by atoms with Crippen molar-refractivity contribution in [2.75, 3.05) is 13.1 Å². The first-order valence-corrected chi connectivity index (χ1v) is 9.98. The first kappa shape index (κ1) is 17.2. The average Bonchev–Trinajstić information content (AvgIpc) is 2.58. The molecule has 1 aliphatic heterocycles. The van der Waals surface area contributed by atoms with Crippen LogP contribution in [0.1, 0.15) is 43.6 Å². The zero-order chi connectivity index (χ0) is 17.2. The van der Waals surface area contributed by atoms with Crippen molar-refractivity contribution in [1.29, 1.82) is 0 Å². The zero-order valence-corrected chi connectivity index (χ0v) is 14.6. The summed E-state index contributed by atoms with van der Waals surface area (Å²) in [7, 11) is -3.47. The number of sulfonamides is 1. The van der Waals surface area contributed by atoms with Gasteiger partial charge in [-0.25, -0.2) is 8.42 Å². The quantitative estimate of drug-likeness (QED) is 0.831. The lowest BCUT2D eigenvalue weighted by atomic mass is 9.84. The highest BCUT2D eigenvalue weighted by atomic mass is 32.2. The number of amides is 1. The van der Waals surface area contributed by atoms with Crippen molar-refractivity contribution in [3.63, 3.8) is 0 Å². The minimum Gasteiger partial charge on any atom is -0.347 e. The first-order valence-electron chi connectivity index (χ1n) is 8.54. The maximum absolute atomic E-state index is 12.6. The molecule has 1 aromatic carbocycles. The highest BCUT2D eigenvalue weighted by molar-refractivity contribution is 7.89. The summed E-state index contributed by atoms with van der Waals surface area (Å²) in [6, 6.07) is 7.22. The van der Waals surface area contributed by atoms with Gasteiger partial charge in [-0.15, -0.1) is 0 Å². The summed E-state index contributed by atoms with van der Waals surface area (Å²) in [6.07, 6.45) is 7.42. The standard InChI is InChI=1S/C18H24N2O3S/c1-2-18(21)19-16-12-20(13-16)24(22,23)17-10-8-15(9-11-17)14-6-4-3-5-7-14/h2,8-11,14,16H,1,3-7,12-13H2,(H,19,21). The lowest BCUT2D eigenvalue weighted by Gasteiger charge is -2.38. The Morgan fingerprint density at radius 2 is 1.75 bits per heavy atom. The molecule has 130 valence electrons. The van der Waals surface area contributed by atoms with Crippen molar-refractivity contribution in [2.45, 2.75) is 49.0 Å². The predicted molar refractivity (Wildman–Crippen MR) is 93.2 cm³/mol. The Labute approximate surface area is 143 Å². The molecular weight excluding hydrogens is 324 g/mol.